The highest BCUT2D eigenvalue weighted by Crippen LogP contribution is 2.37. The number of hydrogen-bond acceptors (Lipinski definition) is 3. The molecule has 0 amide bonds. The molecular formula is C12H11F3N2S. The van der Waals surface area contributed by atoms with Crippen molar-refractivity contribution >= 4 is 11.3 Å². The predicted molar refractivity (Wildman–Crippen MR) is 65.3 cm³/mol. The van der Waals surface area contributed by atoms with Crippen LogP contribution >= 0.6 is 11.3 Å². The van der Waals surface area contributed by atoms with E-state index in [0.29, 0.717) is 34.0 Å². The van der Waals surface area contributed by atoms with Crippen LogP contribution in [0, 0.1) is 0 Å². The molecular weight excluding hydrogens is 261 g/mol. The maximum Gasteiger partial charge on any atom is 0.443 e. The van der Waals surface area contributed by atoms with E-state index in [1.807, 2.05) is 6.07 Å². The number of nitrogens with zero attached hydrogens (tertiary/aromatic N) is 1. The average Bonchev–Trinajstić information content (AvgIpc) is 2.75. The lowest BCUT2D eigenvalue weighted by Crippen LogP contribution is -2.04. The van der Waals surface area contributed by atoms with Crippen molar-refractivity contribution in [1.29, 1.82) is 0 Å². The van der Waals surface area contributed by atoms with Crippen molar-refractivity contribution in [3.05, 3.63) is 40.2 Å². The monoisotopic (exact) mass is 272 g/mol. The molecule has 0 atom stereocenters. The van der Waals surface area contributed by atoms with Gasteiger partial charge in [-0.3, -0.25) is 0 Å². The van der Waals surface area contributed by atoms with Gasteiger partial charge in [-0.1, -0.05) is 30.3 Å². The molecule has 0 saturated carbocycles. The summed E-state index contributed by atoms with van der Waals surface area (Å²) in [5.74, 6) is 0. The summed E-state index contributed by atoms with van der Waals surface area (Å²) in [6.45, 7) is 0.373. The quantitative estimate of drug-likeness (QED) is 0.924. The van der Waals surface area contributed by atoms with E-state index >= 15 is 0 Å². The summed E-state index contributed by atoms with van der Waals surface area (Å²) >= 11 is 0.687. The second kappa shape index (κ2) is 5.07. The first kappa shape index (κ1) is 13.0. The Balaban J connectivity index is 2.49. The largest absolute Gasteiger partial charge is 0.443 e. The fraction of sp³-hybridized carbons (Fsp3) is 0.250. The fourth-order valence-electron chi connectivity index (χ4n) is 1.57. The molecule has 18 heavy (non-hydrogen) atoms. The van der Waals surface area contributed by atoms with Gasteiger partial charge in [-0.05, 0) is 7.05 Å². The number of thiazole rings is 1. The smallest absolute Gasteiger partial charge is 0.315 e. The van der Waals surface area contributed by atoms with E-state index in [-0.39, 0.29) is 0 Å². The molecule has 0 aliphatic rings. The molecule has 96 valence electrons. The average molecular weight is 272 g/mol. The Kier molecular flexibility index (Phi) is 3.68. The number of aromatic nitrogens is 1. The van der Waals surface area contributed by atoms with Crippen LogP contribution in [0.1, 0.15) is 9.88 Å². The van der Waals surface area contributed by atoms with Gasteiger partial charge in [-0.15, -0.1) is 11.3 Å². The Morgan fingerprint density at radius 2 is 1.89 bits per heavy atom. The minimum absolute atomic E-state index is 0.373. The highest BCUT2D eigenvalue weighted by atomic mass is 32.1. The lowest BCUT2D eigenvalue weighted by atomic mass is 10.1. The standard InChI is InChI=1S/C12H11F3N2S/c1-16-7-9-10(8-5-3-2-4-6-8)17-11(18-9)12(13,14)15/h2-6,16H,7H2,1H3. The molecule has 0 aliphatic heterocycles. The van der Waals surface area contributed by atoms with Gasteiger partial charge >= 0.3 is 6.18 Å². The van der Waals surface area contributed by atoms with E-state index in [1.165, 1.54) is 0 Å². The highest BCUT2D eigenvalue weighted by Gasteiger charge is 2.36. The molecule has 0 unspecified atom stereocenters. The second-order valence-corrected chi connectivity index (χ2v) is 4.77. The predicted octanol–water partition coefficient (Wildman–Crippen LogP) is 3.55. The number of rotatable bonds is 3. The first-order chi connectivity index (χ1) is 8.52. The number of alkyl halides is 3. The minimum atomic E-state index is -4.39. The summed E-state index contributed by atoms with van der Waals surface area (Å²) in [6.07, 6.45) is -4.39. The Bertz CT molecular complexity index is 520. The Morgan fingerprint density at radius 3 is 2.44 bits per heavy atom. The van der Waals surface area contributed by atoms with Gasteiger partial charge in [0.05, 0.1) is 5.69 Å². The van der Waals surface area contributed by atoms with Gasteiger partial charge in [0.2, 0.25) is 0 Å². The van der Waals surface area contributed by atoms with Crippen LogP contribution in [-0.4, -0.2) is 12.0 Å². The van der Waals surface area contributed by atoms with Gasteiger partial charge in [0.25, 0.3) is 0 Å². The molecule has 0 spiro atoms. The molecule has 0 aliphatic carbocycles. The normalized spacial score (nSPS) is 11.8. The molecule has 6 heteroatoms. The van der Waals surface area contributed by atoms with Gasteiger partial charge in [0, 0.05) is 17.0 Å². The van der Waals surface area contributed by atoms with Crippen LogP contribution in [0.25, 0.3) is 11.3 Å². The molecule has 1 aromatic carbocycles. The van der Waals surface area contributed by atoms with Crippen molar-refractivity contribution in [3.8, 4) is 11.3 Å². The summed E-state index contributed by atoms with van der Waals surface area (Å²) in [5, 5.41) is 2.06. The first-order valence-corrected chi connectivity index (χ1v) is 6.11. The van der Waals surface area contributed by atoms with E-state index < -0.39 is 11.2 Å². The number of nitrogens with one attached hydrogen (secondary N) is 1. The highest BCUT2D eigenvalue weighted by molar-refractivity contribution is 7.12. The van der Waals surface area contributed by atoms with Crippen molar-refractivity contribution < 1.29 is 13.2 Å². The zero-order chi connectivity index (χ0) is 13.2. The molecule has 0 fully saturated rings. The summed E-state index contributed by atoms with van der Waals surface area (Å²) in [4.78, 5) is 4.32. The molecule has 1 heterocycles. The number of hydrogen-bond donors (Lipinski definition) is 1. The van der Waals surface area contributed by atoms with Crippen LogP contribution in [0.5, 0.6) is 0 Å². The Morgan fingerprint density at radius 1 is 1.22 bits per heavy atom. The van der Waals surface area contributed by atoms with Crippen LogP contribution in [0.4, 0.5) is 13.2 Å². The molecule has 0 bridgehead atoms. The lowest BCUT2D eigenvalue weighted by molar-refractivity contribution is -0.137. The number of benzene rings is 1. The summed E-state index contributed by atoms with van der Waals surface area (Å²) in [5.41, 5.74) is 1.11. The Labute approximate surface area is 106 Å². The zero-order valence-electron chi connectivity index (χ0n) is 9.58. The number of halogens is 3. The molecule has 0 saturated heterocycles. The van der Waals surface area contributed by atoms with E-state index in [4.69, 9.17) is 0 Å². The van der Waals surface area contributed by atoms with Crippen LogP contribution in [0.15, 0.2) is 30.3 Å². The van der Waals surface area contributed by atoms with E-state index in [9.17, 15) is 13.2 Å². The van der Waals surface area contributed by atoms with E-state index in [1.54, 1.807) is 31.3 Å². The van der Waals surface area contributed by atoms with Crippen LogP contribution in [-0.2, 0) is 12.7 Å². The third-order valence-corrected chi connectivity index (χ3v) is 3.42. The molecule has 0 radical (unpaired) electrons. The third kappa shape index (κ3) is 2.70. The maximum atomic E-state index is 12.7. The molecule has 1 N–H and O–H groups in total. The van der Waals surface area contributed by atoms with Crippen LogP contribution in [0.3, 0.4) is 0 Å². The van der Waals surface area contributed by atoms with Crippen molar-refractivity contribution in [3.63, 3.8) is 0 Å². The topological polar surface area (TPSA) is 24.9 Å². The van der Waals surface area contributed by atoms with Gasteiger partial charge in [-0.25, -0.2) is 4.98 Å². The van der Waals surface area contributed by atoms with Crippen molar-refractivity contribution in [2.24, 2.45) is 0 Å². The van der Waals surface area contributed by atoms with Crippen molar-refractivity contribution in [2.75, 3.05) is 7.05 Å². The SMILES string of the molecule is CNCc1sc(C(F)(F)F)nc1-c1ccccc1. The zero-order valence-corrected chi connectivity index (χ0v) is 10.4. The Hall–Kier alpha value is -1.40. The van der Waals surface area contributed by atoms with Gasteiger partial charge in [0.1, 0.15) is 0 Å². The second-order valence-electron chi connectivity index (χ2n) is 3.68. The maximum absolute atomic E-state index is 12.7. The summed E-state index contributed by atoms with van der Waals surface area (Å²) in [7, 11) is 1.70. The molecule has 1 aromatic heterocycles. The van der Waals surface area contributed by atoms with Gasteiger partial charge < -0.3 is 5.32 Å². The lowest BCUT2D eigenvalue weighted by Gasteiger charge is -2.01. The third-order valence-electron chi connectivity index (χ3n) is 2.32. The van der Waals surface area contributed by atoms with Crippen molar-refractivity contribution in [1.82, 2.24) is 10.3 Å². The van der Waals surface area contributed by atoms with E-state index in [2.05, 4.69) is 10.3 Å². The van der Waals surface area contributed by atoms with Crippen LogP contribution < -0.4 is 5.32 Å². The van der Waals surface area contributed by atoms with Gasteiger partial charge in [-0.2, -0.15) is 13.2 Å². The van der Waals surface area contributed by atoms with Crippen molar-refractivity contribution in [2.45, 2.75) is 12.7 Å². The van der Waals surface area contributed by atoms with Gasteiger partial charge in [0.15, 0.2) is 5.01 Å². The molecule has 2 rings (SSSR count). The minimum Gasteiger partial charge on any atom is -0.315 e. The van der Waals surface area contributed by atoms with E-state index in [0.717, 1.165) is 0 Å². The molecule has 2 aromatic rings. The summed E-state index contributed by atoms with van der Waals surface area (Å²) in [6, 6.07) is 8.90. The molecule has 2 nitrogen and oxygen atoms in total. The fourth-order valence-corrected chi connectivity index (χ4v) is 2.54. The summed E-state index contributed by atoms with van der Waals surface area (Å²) < 4.78 is 38.0. The first-order valence-electron chi connectivity index (χ1n) is 5.29. The van der Waals surface area contributed by atoms with Crippen LogP contribution in [0.2, 0.25) is 0 Å².